The first-order valence-corrected chi connectivity index (χ1v) is 8.93. The van der Waals surface area contributed by atoms with Gasteiger partial charge in [-0.3, -0.25) is 14.6 Å². The highest BCUT2D eigenvalue weighted by molar-refractivity contribution is 5.92. The Morgan fingerprint density at radius 3 is 2.83 bits per heavy atom. The van der Waals surface area contributed by atoms with Gasteiger partial charge in [0, 0.05) is 36.8 Å². The molecule has 2 N–H and O–H groups in total. The number of fused-ring (bicyclic) bond motifs is 1. The Labute approximate surface area is 165 Å². The minimum Gasteiger partial charge on any atom is -0.473 e. The number of H-pyrrole nitrogens is 1. The van der Waals surface area contributed by atoms with Crippen molar-refractivity contribution in [2.24, 2.45) is 0 Å². The lowest BCUT2D eigenvalue weighted by atomic mass is 10.2. The molecule has 8 heteroatoms. The van der Waals surface area contributed by atoms with E-state index in [1.54, 1.807) is 55.0 Å². The highest BCUT2D eigenvalue weighted by Gasteiger charge is 2.11. The van der Waals surface area contributed by atoms with Crippen LogP contribution in [0.3, 0.4) is 0 Å². The molecule has 4 aromatic rings. The van der Waals surface area contributed by atoms with Crippen LogP contribution < -0.4 is 15.6 Å². The first-order chi connectivity index (χ1) is 14.2. The van der Waals surface area contributed by atoms with Gasteiger partial charge in [-0.2, -0.15) is 0 Å². The van der Waals surface area contributed by atoms with E-state index in [1.807, 2.05) is 12.1 Å². The number of nitrogens with zero attached hydrogens (tertiary/aromatic N) is 3. The Balaban J connectivity index is 1.41. The molecule has 0 bridgehead atoms. The first-order valence-electron chi connectivity index (χ1n) is 8.93. The SMILES string of the molecule is O=C(NCc1ccnc(OCc2cccnc2)c1)c1nc2ccccc2c(=O)[nH]1. The topological polar surface area (TPSA) is 110 Å². The Bertz CT molecular complexity index is 1210. The fourth-order valence-electron chi connectivity index (χ4n) is 2.74. The molecule has 3 heterocycles. The van der Waals surface area contributed by atoms with Crippen molar-refractivity contribution in [2.45, 2.75) is 13.2 Å². The average molecular weight is 387 g/mol. The normalized spacial score (nSPS) is 10.6. The van der Waals surface area contributed by atoms with Gasteiger partial charge in [0.15, 0.2) is 5.82 Å². The lowest BCUT2D eigenvalue weighted by Gasteiger charge is -2.08. The van der Waals surface area contributed by atoms with E-state index in [-0.39, 0.29) is 17.9 Å². The van der Waals surface area contributed by atoms with E-state index in [0.717, 1.165) is 11.1 Å². The number of hydrogen-bond acceptors (Lipinski definition) is 6. The molecule has 0 aliphatic rings. The molecule has 3 aromatic heterocycles. The molecule has 0 saturated heterocycles. The predicted octanol–water partition coefficient (Wildman–Crippen LogP) is 2.22. The minimum absolute atomic E-state index is 0.0317. The zero-order valence-corrected chi connectivity index (χ0v) is 15.3. The Morgan fingerprint density at radius 2 is 1.97 bits per heavy atom. The Kier molecular flexibility index (Phi) is 5.24. The molecule has 1 amide bonds. The van der Waals surface area contributed by atoms with E-state index in [0.29, 0.717) is 23.4 Å². The molecule has 29 heavy (non-hydrogen) atoms. The second kappa shape index (κ2) is 8.30. The summed E-state index contributed by atoms with van der Waals surface area (Å²) < 4.78 is 5.66. The van der Waals surface area contributed by atoms with E-state index >= 15 is 0 Å². The van der Waals surface area contributed by atoms with Crippen LogP contribution in [-0.2, 0) is 13.2 Å². The summed E-state index contributed by atoms with van der Waals surface area (Å²) in [7, 11) is 0. The van der Waals surface area contributed by atoms with Crippen LogP contribution in [-0.4, -0.2) is 25.8 Å². The molecule has 0 atom stereocenters. The van der Waals surface area contributed by atoms with Crippen LogP contribution in [0.5, 0.6) is 5.88 Å². The number of ether oxygens (including phenoxy) is 1. The molecule has 0 aliphatic carbocycles. The highest BCUT2D eigenvalue weighted by Crippen LogP contribution is 2.12. The fourth-order valence-corrected chi connectivity index (χ4v) is 2.74. The van der Waals surface area contributed by atoms with Gasteiger partial charge in [0.25, 0.3) is 11.5 Å². The first kappa shape index (κ1) is 18.3. The zero-order chi connectivity index (χ0) is 20.1. The molecule has 0 spiro atoms. The third-order valence-electron chi connectivity index (χ3n) is 4.19. The Hall–Kier alpha value is -4.07. The van der Waals surface area contributed by atoms with Crippen molar-refractivity contribution in [3.05, 3.63) is 94.4 Å². The molecular formula is C21H17N5O3. The smallest absolute Gasteiger partial charge is 0.287 e. The highest BCUT2D eigenvalue weighted by atomic mass is 16.5. The quantitative estimate of drug-likeness (QED) is 0.525. The van der Waals surface area contributed by atoms with Crippen LogP contribution >= 0.6 is 0 Å². The molecule has 0 radical (unpaired) electrons. The number of aromatic amines is 1. The second-order valence-corrected chi connectivity index (χ2v) is 6.27. The Morgan fingerprint density at radius 1 is 1.07 bits per heavy atom. The fraction of sp³-hybridized carbons (Fsp3) is 0.0952. The summed E-state index contributed by atoms with van der Waals surface area (Å²) >= 11 is 0. The van der Waals surface area contributed by atoms with Gasteiger partial charge in [0.1, 0.15) is 6.61 Å². The summed E-state index contributed by atoms with van der Waals surface area (Å²) in [4.78, 5) is 39.5. The molecular weight excluding hydrogens is 370 g/mol. The van der Waals surface area contributed by atoms with Crippen molar-refractivity contribution in [2.75, 3.05) is 0 Å². The summed E-state index contributed by atoms with van der Waals surface area (Å²) in [6, 6.07) is 14.1. The number of carbonyl (C=O) groups is 1. The maximum absolute atomic E-state index is 12.4. The molecule has 8 nitrogen and oxygen atoms in total. The van der Waals surface area contributed by atoms with Gasteiger partial charge in [-0.25, -0.2) is 9.97 Å². The number of para-hydroxylation sites is 1. The van der Waals surface area contributed by atoms with E-state index in [4.69, 9.17) is 4.74 Å². The molecule has 144 valence electrons. The number of aromatic nitrogens is 4. The van der Waals surface area contributed by atoms with Gasteiger partial charge in [-0.05, 0) is 29.8 Å². The van der Waals surface area contributed by atoms with E-state index in [9.17, 15) is 9.59 Å². The standard InChI is InChI=1S/C21H17N5O3/c27-20-16-5-1-2-6-17(16)25-19(26-20)21(28)24-12-14-7-9-23-18(10-14)29-13-15-4-3-8-22-11-15/h1-11H,12-13H2,(H,24,28)(H,25,26,27). The third-order valence-corrected chi connectivity index (χ3v) is 4.19. The lowest BCUT2D eigenvalue weighted by Crippen LogP contribution is -2.27. The molecule has 0 fully saturated rings. The summed E-state index contributed by atoms with van der Waals surface area (Å²) in [5.74, 6) is -0.0591. The van der Waals surface area contributed by atoms with Gasteiger partial charge >= 0.3 is 0 Å². The average Bonchev–Trinajstić information content (AvgIpc) is 2.77. The number of amides is 1. The van der Waals surface area contributed by atoms with Gasteiger partial charge in [-0.15, -0.1) is 0 Å². The second-order valence-electron chi connectivity index (χ2n) is 6.27. The van der Waals surface area contributed by atoms with Crippen LogP contribution in [0.25, 0.3) is 10.9 Å². The van der Waals surface area contributed by atoms with Crippen molar-refractivity contribution in [3.63, 3.8) is 0 Å². The number of rotatable bonds is 6. The number of nitrogens with one attached hydrogen (secondary N) is 2. The van der Waals surface area contributed by atoms with Crippen molar-refractivity contribution >= 4 is 16.8 Å². The lowest BCUT2D eigenvalue weighted by molar-refractivity contribution is 0.0940. The van der Waals surface area contributed by atoms with Crippen LogP contribution in [0.1, 0.15) is 21.7 Å². The molecule has 0 unspecified atom stereocenters. The zero-order valence-electron chi connectivity index (χ0n) is 15.3. The largest absolute Gasteiger partial charge is 0.473 e. The van der Waals surface area contributed by atoms with Gasteiger partial charge < -0.3 is 15.0 Å². The van der Waals surface area contributed by atoms with Gasteiger partial charge in [-0.1, -0.05) is 18.2 Å². The molecule has 0 saturated carbocycles. The minimum atomic E-state index is -0.470. The van der Waals surface area contributed by atoms with E-state index < -0.39 is 5.91 Å². The maximum atomic E-state index is 12.4. The van der Waals surface area contributed by atoms with Gasteiger partial charge in [0.2, 0.25) is 5.88 Å². The number of carbonyl (C=O) groups excluding carboxylic acids is 1. The van der Waals surface area contributed by atoms with Crippen LogP contribution in [0.15, 0.2) is 71.9 Å². The third kappa shape index (κ3) is 4.44. The van der Waals surface area contributed by atoms with Crippen molar-refractivity contribution in [1.82, 2.24) is 25.3 Å². The van der Waals surface area contributed by atoms with Crippen LogP contribution in [0, 0.1) is 0 Å². The number of benzene rings is 1. The van der Waals surface area contributed by atoms with E-state index in [1.165, 1.54) is 0 Å². The van der Waals surface area contributed by atoms with Crippen LogP contribution in [0.2, 0.25) is 0 Å². The maximum Gasteiger partial charge on any atom is 0.287 e. The number of pyridine rings is 2. The monoisotopic (exact) mass is 387 g/mol. The summed E-state index contributed by atoms with van der Waals surface area (Å²) in [5, 5.41) is 3.18. The molecule has 1 aromatic carbocycles. The van der Waals surface area contributed by atoms with Crippen molar-refractivity contribution in [3.8, 4) is 5.88 Å². The van der Waals surface area contributed by atoms with Gasteiger partial charge in [0.05, 0.1) is 10.9 Å². The molecule has 0 aliphatic heterocycles. The van der Waals surface area contributed by atoms with Crippen LogP contribution in [0.4, 0.5) is 0 Å². The summed E-state index contributed by atoms with van der Waals surface area (Å²) in [5.41, 5.74) is 1.85. The van der Waals surface area contributed by atoms with Crippen molar-refractivity contribution < 1.29 is 9.53 Å². The predicted molar refractivity (Wildman–Crippen MR) is 106 cm³/mol. The van der Waals surface area contributed by atoms with Crippen molar-refractivity contribution in [1.29, 1.82) is 0 Å². The van der Waals surface area contributed by atoms with E-state index in [2.05, 4.69) is 25.3 Å². The number of hydrogen-bond donors (Lipinski definition) is 2. The summed E-state index contributed by atoms with van der Waals surface area (Å²) in [6.45, 7) is 0.583. The molecule has 4 rings (SSSR count). The summed E-state index contributed by atoms with van der Waals surface area (Å²) in [6.07, 6.45) is 5.03.